The number of allylic oxidation sites excluding steroid dienone is 1. The minimum Gasteiger partial charge on any atom is -0.301 e. The zero-order chi connectivity index (χ0) is 16.6. The van der Waals surface area contributed by atoms with Crippen LogP contribution >= 0.6 is 11.8 Å². The van der Waals surface area contributed by atoms with E-state index in [-0.39, 0.29) is 11.0 Å². The van der Waals surface area contributed by atoms with Crippen LogP contribution in [-0.4, -0.2) is 34.2 Å². The second-order valence-corrected chi connectivity index (χ2v) is 8.25. The molecule has 0 amide bonds. The lowest BCUT2D eigenvalue weighted by molar-refractivity contribution is 0.238. The first-order chi connectivity index (χ1) is 10.9. The van der Waals surface area contributed by atoms with E-state index in [2.05, 4.69) is 35.6 Å². The summed E-state index contributed by atoms with van der Waals surface area (Å²) in [5.74, 6) is 0. The van der Waals surface area contributed by atoms with Crippen molar-refractivity contribution in [3.05, 3.63) is 32.8 Å². The third-order valence-corrected chi connectivity index (χ3v) is 5.97. The highest BCUT2D eigenvalue weighted by atomic mass is 32.2. The number of H-pyrrole nitrogens is 1. The Morgan fingerprint density at radius 1 is 1.35 bits per heavy atom. The highest BCUT2D eigenvalue weighted by Crippen LogP contribution is 2.40. The molecule has 23 heavy (non-hydrogen) atoms. The maximum absolute atomic E-state index is 12.3. The monoisotopic (exact) mass is 333 g/mol. The fourth-order valence-electron chi connectivity index (χ4n) is 3.94. The van der Waals surface area contributed by atoms with Gasteiger partial charge in [-0.1, -0.05) is 36.8 Å². The molecule has 0 radical (unpaired) electrons. The van der Waals surface area contributed by atoms with Crippen LogP contribution < -0.4 is 5.56 Å². The van der Waals surface area contributed by atoms with Gasteiger partial charge in [-0.3, -0.25) is 9.69 Å². The van der Waals surface area contributed by atoms with E-state index >= 15 is 0 Å². The predicted molar refractivity (Wildman–Crippen MR) is 96.0 cm³/mol. The summed E-state index contributed by atoms with van der Waals surface area (Å²) in [6.07, 6.45) is 6.61. The van der Waals surface area contributed by atoms with E-state index in [4.69, 9.17) is 0 Å². The van der Waals surface area contributed by atoms with Gasteiger partial charge in [-0.25, -0.2) is 4.98 Å². The molecule has 0 saturated heterocycles. The first-order valence-corrected chi connectivity index (χ1v) is 9.70. The Morgan fingerprint density at radius 2 is 2.13 bits per heavy atom. The largest absolute Gasteiger partial charge is 0.301 e. The standard InChI is InChI=1S/C18H27N3OS/c1-12-6-5-8-18(2,3)14(12)11-21-9-7-15-13(10-21)16(22)20-17(19-15)23-4/h5-11H2,1-4H3,(H,19,20,22). The summed E-state index contributed by atoms with van der Waals surface area (Å²) in [6, 6.07) is 0. The molecule has 1 aromatic rings. The lowest BCUT2D eigenvalue weighted by Gasteiger charge is -2.38. The quantitative estimate of drug-likeness (QED) is 0.523. The minimum absolute atomic E-state index is 0.0395. The highest BCUT2D eigenvalue weighted by molar-refractivity contribution is 7.98. The van der Waals surface area contributed by atoms with Crippen LogP contribution in [0, 0.1) is 5.41 Å². The lowest BCUT2D eigenvalue weighted by atomic mass is 9.72. The van der Waals surface area contributed by atoms with Crippen molar-refractivity contribution in [2.75, 3.05) is 19.3 Å². The number of nitrogens with zero attached hydrogens (tertiary/aromatic N) is 2. The van der Waals surface area contributed by atoms with Crippen molar-refractivity contribution in [3.63, 3.8) is 0 Å². The minimum atomic E-state index is 0.0395. The predicted octanol–water partition coefficient (Wildman–Crippen LogP) is 3.38. The SMILES string of the molecule is CSc1nc2c(c(=O)[nH]1)CN(CC1=C(C)CCCC1(C)C)CC2. The number of hydrogen-bond donors (Lipinski definition) is 1. The zero-order valence-electron chi connectivity index (χ0n) is 14.7. The summed E-state index contributed by atoms with van der Waals surface area (Å²) in [5.41, 5.74) is 5.31. The molecular weight excluding hydrogens is 306 g/mol. The number of fused-ring (bicyclic) bond motifs is 1. The van der Waals surface area contributed by atoms with Gasteiger partial charge in [0.15, 0.2) is 5.16 Å². The molecule has 0 spiro atoms. The van der Waals surface area contributed by atoms with Gasteiger partial charge in [-0.05, 0) is 37.9 Å². The normalized spacial score (nSPS) is 21.4. The molecule has 3 rings (SSSR count). The van der Waals surface area contributed by atoms with Gasteiger partial charge in [0.2, 0.25) is 0 Å². The van der Waals surface area contributed by atoms with E-state index in [0.717, 1.165) is 42.5 Å². The average molecular weight is 334 g/mol. The van der Waals surface area contributed by atoms with Gasteiger partial charge in [0, 0.05) is 26.1 Å². The number of nitrogens with one attached hydrogen (secondary N) is 1. The maximum Gasteiger partial charge on any atom is 0.256 e. The Kier molecular flexibility index (Phi) is 4.70. The van der Waals surface area contributed by atoms with E-state index in [1.807, 2.05) is 6.26 Å². The molecule has 126 valence electrons. The van der Waals surface area contributed by atoms with Crippen molar-refractivity contribution in [1.82, 2.24) is 14.9 Å². The van der Waals surface area contributed by atoms with Crippen LogP contribution in [0.25, 0.3) is 0 Å². The number of aromatic amines is 1. The summed E-state index contributed by atoms with van der Waals surface area (Å²) in [7, 11) is 0. The fraction of sp³-hybridized carbons (Fsp3) is 0.667. The van der Waals surface area contributed by atoms with Gasteiger partial charge < -0.3 is 4.98 Å². The molecule has 1 aliphatic carbocycles. The summed E-state index contributed by atoms with van der Waals surface area (Å²) in [4.78, 5) is 22.2. The third kappa shape index (κ3) is 3.41. The van der Waals surface area contributed by atoms with Gasteiger partial charge in [-0.2, -0.15) is 0 Å². The molecular formula is C18H27N3OS. The number of rotatable bonds is 3. The highest BCUT2D eigenvalue weighted by Gasteiger charge is 2.31. The van der Waals surface area contributed by atoms with Gasteiger partial charge in [0.05, 0.1) is 11.3 Å². The molecule has 1 aliphatic heterocycles. The van der Waals surface area contributed by atoms with Crippen LogP contribution in [0.2, 0.25) is 0 Å². The number of thioether (sulfide) groups is 1. The molecule has 0 saturated carbocycles. The molecule has 0 bridgehead atoms. The van der Waals surface area contributed by atoms with Crippen molar-refractivity contribution < 1.29 is 0 Å². The number of aromatic nitrogens is 2. The lowest BCUT2D eigenvalue weighted by Crippen LogP contribution is -2.39. The molecule has 0 fully saturated rings. The molecule has 1 aromatic heterocycles. The van der Waals surface area contributed by atoms with Crippen LogP contribution in [0.1, 0.15) is 51.3 Å². The van der Waals surface area contributed by atoms with Crippen molar-refractivity contribution in [2.24, 2.45) is 5.41 Å². The second kappa shape index (κ2) is 6.44. The van der Waals surface area contributed by atoms with Crippen molar-refractivity contribution in [2.45, 2.75) is 58.2 Å². The summed E-state index contributed by atoms with van der Waals surface area (Å²) in [5, 5.41) is 0.731. The third-order valence-electron chi connectivity index (χ3n) is 5.39. The second-order valence-electron chi connectivity index (χ2n) is 7.46. The van der Waals surface area contributed by atoms with Crippen LogP contribution in [0.5, 0.6) is 0 Å². The molecule has 1 N–H and O–H groups in total. The zero-order valence-corrected chi connectivity index (χ0v) is 15.5. The average Bonchev–Trinajstić information content (AvgIpc) is 2.51. The maximum atomic E-state index is 12.3. The van der Waals surface area contributed by atoms with E-state index in [1.165, 1.54) is 31.0 Å². The Balaban J connectivity index is 1.82. The smallest absolute Gasteiger partial charge is 0.256 e. The molecule has 4 nitrogen and oxygen atoms in total. The summed E-state index contributed by atoms with van der Waals surface area (Å²) >= 11 is 1.50. The number of hydrogen-bond acceptors (Lipinski definition) is 4. The summed E-state index contributed by atoms with van der Waals surface area (Å²) < 4.78 is 0. The first kappa shape index (κ1) is 16.8. The van der Waals surface area contributed by atoms with Crippen LogP contribution in [0.15, 0.2) is 21.1 Å². The van der Waals surface area contributed by atoms with Crippen LogP contribution in [0.3, 0.4) is 0 Å². The molecule has 0 unspecified atom stereocenters. The van der Waals surface area contributed by atoms with Crippen molar-refractivity contribution in [1.29, 1.82) is 0 Å². The van der Waals surface area contributed by atoms with Crippen LogP contribution in [-0.2, 0) is 13.0 Å². The van der Waals surface area contributed by atoms with Gasteiger partial charge >= 0.3 is 0 Å². The Hall–Kier alpha value is -1.07. The van der Waals surface area contributed by atoms with Crippen LogP contribution in [0.4, 0.5) is 0 Å². The van der Waals surface area contributed by atoms with Crippen molar-refractivity contribution in [3.8, 4) is 0 Å². The topological polar surface area (TPSA) is 49.0 Å². The first-order valence-electron chi connectivity index (χ1n) is 8.48. The molecule has 5 heteroatoms. The fourth-order valence-corrected chi connectivity index (χ4v) is 4.33. The summed E-state index contributed by atoms with van der Waals surface area (Å²) in [6.45, 7) is 9.71. The van der Waals surface area contributed by atoms with Gasteiger partial charge in [0.25, 0.3) is 5.56 Å². The Labute approximate surface area is 142 Å². The van der Waals surface area contributed by atoms with Gasteiger partial charge in [-0.15, -0.1) is 0 Å². The van der Waals surface area contributed by atoms with Gasteiger partial charge in [0.1, 0.15) is 0 Å². The van der Waals surface area contributed by atoms with E-state index in [9.17, 15) is 4.79 Å². The molecule has 2 aliphatic rings. The van der Waals surface area contributed by atoms with E-state index < -0.39 is 0 Å². The Bertz CT molecular complexity index is 690. The van der Waals surface area contributed by atoms with E-state index in [0.29, 0.717) is 0 Å². The Morgan fingerprint density at radius 3 is 2.83 bits per heavy atom. The molecule has 0 aromatic carbocycles. The molecule has 2 heterocycles. The van der Waals surface area contributed by atoms with Crippen molar-refractivity contribution >= 4 is 11.8 Å². The molecule has 0 atom stereocenters. The van der Waals surface area contributed by atoms with E-state index in [1.54, 1.807) is 11.1 Å².